The van der Waals surface area contributed by atoms with Crippen molar-refractivity contribution in [2.75, 3.05) is 5.32 Å². The van der Waals surface area contributed by atoms with Gasteiger partial charge >= 0.3 is 0 Å². The number of benzene rings is 2. The Labute approximate surface area is 184 Å². The number of anilines is 1. The summed E-state index contributed by atoms with van der Waals surface area (Å²) >= 11 is 7.22. The van der Waals surface area contributed by atoms with Crippen LogP contribution in [0.25, 0.3) is 20.7 Å². The summed E-state index contributed by atoms with van der Waals surface area (Å²) in [6.07, 6.45) is 1.32. The number of carbonyl (C=O) groups excluding carboxylic acids is 1. The number of aromatic nitrogens is 2. The standard InChI is InChI=1S/C21H15ClN4O4S/c1-12-15(3-2-4-17(12)26(29)30)24-19(27)10-25-11-23-16-9-18(31-20(16)21(25)28)13-5-7-14(22)8-6-13/h2-9,11H,10H2,1H3,(H,24,27). The van der Waals surface area contributed by atoms with Gasteiger partial charge in [-0.25, -0.2) is 4.98 Å². The van der Waals surface area contributed by atoms with E-state index in [9.17, 15) is 19.7 Å². The van der Waals surface area contributed by atoms with Crippen LogP contribution in [0.3, 0.4) is 0 Å². The van der Waals surface area contributed by atoms with Crippen LogP contribution in [0.4, 0.5) is 11.4 Å². The van der Waals surface area contributed by atoms with Crippen molar-refractivity contribution in [2.24, 2.45) is 0 Å². The van der Waals surface area contributed by atoms with E-state index in [-0.39, 0.29) is 17.8 Å². The Morgan fingerprint density at radius 1 is 1.26 bits per heavy atom. The number of rotatable bonds is 5. The lowest BCUT2D eigenvalue weighted by atomic mass is 10.1. The van der Waals surface area contributed by atoms with Crippen LogP contribution in [-0.4, -0.2) is 20.4 Å². The molecule has 0 saturated carbocycles. The van der Waals surface area contributed by atoms with E-state index < -0.39 is 10.8 Å². The number of nitro benzene ring substituents is 1. The maximum absolute atomic E-state index is 12.9. The van der Waals surface area contributed by atoms with Gasteiger partial charge in [0.1, 0.15) is 11.2 Å². The van der Waals surface area contributed by atoms with Gasteiger partial charge in [0.2, 0.25) is 5.91 Å². The first kappa shape index (κ1) is 20.7. The molecule has 0 spiro atoms. The molecule has 0 atom stereocenters. The third-order valence-electron chi connectivity index (χ3n) is 4.72. The summed E-state index contributed by atoms with van der Waals surface area (Å²) in [5.74, 6) is -0.485. The van der Waals surface area contributed by atoms with Crippen LogP contribution in [-0.2, 0) is 11.3 Å². The molecular formula is C21H15ClN4O4S. The smallest absolute Gasteiger partial charge is 0.274 e. The molecule has 4 aromatic rings. The summed E-state index contributed by atoms with van der Waals surface area (Å²) in [5.41, 5.74) is 1.70. The molecule has 1 N–H and O–H groups in total. The van der Waals surface area contributed by atoms with Gasteiger partial charge in [0, 0.05) is 16.0 Å². The molecule has 8 nitrogen and oxygen atoms in total. The van der Waals surface area contributed by atoms with Crippen molar-refractivity contribution in [1.29, 1.82) is 0 Å². The molecule has 0 aliphatic carbocycles. The van der Waals surface area contributed by atoms with Crippen LogP contribution >= 0.6 is 22.9 Å². The third-order valence-corrected chi connectivity index (χ3v) is 6.14. The summed E-state index contributed by atoms with van der Waals surface area (Å²) in [6.45, 7) is 1.29. The zero-order chi connectivity index (χ0) is 22.1. The summed E-state index contributed by atoms with van der Waals surface area (Å²) in [5, 5.41) is 14.3. The van der Waals surface area contributed by atoms with Crippen LogP contribution in [0.15, 0.2) is 59.7 Å². The Kier molecular flexibility index (Phi) is 5.53. The highest BCUT2D eigenvalue weighted by Crippen LogP contribution is 2.31. The number of nitrogens with one attached hydrogen (secondary N) is 1. The molecular weight excluding hydrogens is 440 g/mol. The second-order valence-electron chi connectivity index (χ2n) is 6.76. The normalized spacial score (nSPS) is 10.9. The van der Waals surface area contributed by atoms with E-state index in [0.29, 0.717) is 26.5 Å². The molecule has 2 aromatic heterocycles. The molecule has 0 saturated heterocycles. The number of carbonyl (C=O) groups is 1. The molecule has 0 radical (unpaired) electrons. The van der Waals surface area contributed by atoms with E-state index in [1.54, 1.807) is 25.1 Å². The van der Waals surface area contributed by atoms with Gasteiger partial charge in [-0.2, -0.15) is 0 Å². The maximum atomic E-state index is 12.9. The average molecular weight is 455 g/mol. The molecule has 4 rings (SSSR count). The largest absolute Gasteiger partial charge is 0.324 e. The fraction of sp³-hybridized carbons (Fsp3) is 0.0952. The van der Waals surface area contributed by atoms with Gasteiger partial charge in [0.25, 0.3) is 11.2 Å². The number of halogens is 1. The van der Waals surface area contributed by atoms with Crippen molar-refractivity contribution in [3.63, 3.8) is 0 Å². The molecule has 0 bridgehead atoms. The van der Waals surface area contributed by atoms with Crippen molar-refractivity contribution in [3.05, 3.63) is 85.9 Å². The Hall–Kier alpha value is -3.56. The van der Waals surface area contributed by atoms with E-state index in [1.165, 1.54) is 34.4 Å². The van der Waals surface area contributed by atoms with Crippen molar-refractivity contribution >= 4 is 50.4 Å². The van der Waals surface area contributed by atoms with Gasteiger partial charge in [0.05, 0.1) is 28.0 Å². The zero-order valence-electron chi connectivity index (χ0n) is 16.2. The Morgan fingerprint density at radius 3 is 2.71 bits per heavy atom. The van der Waals surface area contributed by atoms with Gasteiger partial charge < -0.3 is 5.32 Å². The minimum atomic E-state index is -0.512. The monoisotopic (exact) mass is 454 g/mol. The fourth-order valence-electron chi connectivity index (χ4n) is 3.12. The van der Waals surface area contributed by atoms with E-state index in [2.05, 4.69) is 10.3 Å². The second kappa shape index (κ2) is 8.29. The first-order valence-corrected chi connectivity index (χ1v) is 10.3. The molecule has 31 heavy (non-hydrogen) atoms. The molecule has 2 aromatic carbocycles. The summed E-state index contributed by atoms with van der Waals surface area (Å²) in [7, 11) is 0. The highest BCUT2D eigenvalue weighted by molar-refractivity contribution is 7.22. The van der Waals surface area contributed by atoms with Gasteiger partial charge in [-0.3, -0.25) is 24.3 Å². The Morgan fingerprint density at radius 2 is 2.00 bits per heavy atom. The number of hydrogen-bond acceptors (Lipinski definition) is 6. The van der Waals surface area contributed by atoms with Gasteiger partial charge in [-0.1, -0.05) is 29.8 Å². The van der Waals surface area contributed by atoms with Crippen molar-refractivity contribution in [3.8, 4) is 10.4 Å². The number of nitrogens with zero attached hydrogens (tertiary/aromatic N) is 3. The summed E-state index contributed by atoms with van der Waals surface area (Å²) in [4.78, 5) is 41.1. The molecule has 0 aliphatic heterocycles. The van der Waals surface area contributed by atoms with Crippen LogP contribution in [0, 0.1) is 17.0 Å². The van der Waals surface area contributed by atoms with E-state index in [0.717, 1.165) is 10.4 Å². The van der Waals surface area contributed by atoms with Crippen LogP contribution < -0.4 is 10.9 Å². The van der Waals surface area contributed by atoms with Gasteiger partial charge in [-0.15, -0.1) is 11.3 Å². The van der Waals surface area contributed by atoms with Crippen LogP contribution in [0.2, 0.25) is 5.02 Å². The van der Waals surface area contributed by atoms with E-state index >= 15 is 0 Å². The second-order valence-corrected chi connectivity index (χ2v) is 8.25. The minimum Gasteiger partial charge on any atom is -0.324 e. The highest BCUT2D eigenvalue weighted by Gasteiger charge is 2.16. The maximum Gasteiger partial charge on any atom is 0.274 e. The number of amides is 1. The number of hydrogen-bond donors (Lipinski definition) is 1. The molecule has 0 unspecified atom stereocenters. The molecule has 2 heterocycles. The SMILES string of the molecule is Cc1c(NC(=O)Cn2cnc3cc(-c4ccc(Cl)cc4)sc3c2=O)cccc1[N+](=O)[O-]. The number of nitro groups is 1. The first-order valence-electron chi connectivity index (χ1n) is 9.12. The van der Waals surface area contributed by atoms with Crippen molar-refractivity contribution < 1.29 is 9.72 Å². The average Bonchev–Trinajstić information content (AvgIpc) is 3.17. The number of fused-ring (bicyclic) bond motifs is 1. The van der Waals surface area contributed by atoms with Crippen molar-refractivity contribution in [2.45, 2.75) is 13.5 Å². The van der Waals surface area contributed by atoms with Crippen LogP contribution in [0.1, 0.15) is 5.56 Å². The lowest BCUT2D eigenvalue weighted by Crippen LogP contribution is -2.27. The van der Waals surface area contributed by atoms with E-state index in [1.807, 2.05) is 18.2 Å². The fourth-order valence-corrected chi connectivity index (χ4v) is 4.31. The molecule has 156 valence electrons. The quantitative estimate of drug-likeness (QED) is 0.349. The lowest BCUT2D eigenvalue weighted by molar-refractivity contribution is -0.385. The zero-order valence-corrected chi connectivity index (χ0v) is 17.7. The minimum absolute atomic E-state index is 0.0913. The topological polar surface area (TPSA) is 107 Å². The molecule has 0 aliphatic rings. The Balaban J connectivity index is 1.59. The van der Waals surface area contributed by atoms with E-state index in [4.69, 9.17) is 11.6 Å². The van der Waals surface area contributed by atoms with Gasteiger partial charge in [-0.05, 0) is 36.8 Å². The van der Waals surface area contributed by atoms with Gasteiger partial charge in [0.15, 0.2) is 0 Å². The Bertz CT molecular complexity index is 1380. The first-order chi connectivity index (χ1) is 14.8. The number of thiophene rings is 1. The summed E-state index contributed by atoms with van der Waals surface area (Å²) in [6, 6.07) is 13.5. The van der Waals surface area contributed by atoms with Crippen LogP contribution in [0.5, 0.6) is 0 Å². The predicted molar refractivity (Wildman–Crippen MR) is 121 cm³/mol. The molecule has 1 amide bonds. The predicted octanol–water partition coefficient (Wildman–Crippen LogP) is 4.63. The highest BCUT2D eigenvalue weighted by atomic mass is 35.5. The molecule has 0 fully saturated rings. The summed E-state index contributed by atoms with van der Waals surface area (Å²) < 4.78 is 1.65. The lowest BCUT2D eigenvalue weighted by Gasteiger charge is -2.09. The molecule has 10 heteroatoms. The third kappa shape index (κ3) is 4.18. The van der Waals surface area contributed by atoms with Crippen molar-refractivity contribution in [1.82, 2.24) is 9.55 Å².